The lowest BCUT2D eigenvalue weighted by molar-refractivity contribution is -0.159. The summed E-state index contributed by atoms with van der Waals surface area (Å²) in [6.07, 6.45) is 2.82. The van der Waals surface area contributed by atoms with E-state index in [1.807, 2.05) is 16.7 Å². The van der Waals surface area contributed by atoms with Crippen molar-refractivity contribution in [2.45, 2.75) is 31.8 Å². The first kappa shape index (κ1) is 11.3. The van der Waals surface area contributed by atoms with Crippen LogP contribution in [-0.4, -0.2) is 46.1 Å². The average Bonchev–Trinajstić information content (AvgIpc) is 2.66. The molecule has 0 radical (unpaired) electrons. The second kappa shape index (κ2) is 4.34. The quantitative estimate of drug-likeness (QED) is 0.788. The minimum atomic E-state index is -0.573. The number of hydrogen-bond donors (Lipinski definition) is 1. The average molecular weight is 229 g/mol. The highest BCUT2D eigenvalue weighted by molar-refractivity contribution is 7.99. The Balaban J connectivity index is 1.80. The molecule has 86 valence electrons. The number of rotatable bonds is 3. The van der Waals surface area contributed by atoms with E-state index in [2.05, 4.69) is 6.92 Å². The monoisotopic (exact) mass is 229 g/mol. The fourth-order valence-electron chi connectivity index (χ4n) is 2.43. The largest absolute Gasteiger partial charge is 0.386 e. The van der Waals surface area contributed by atoms with Crippen molar-refractivity contribution in [3.63, 3.8) is 0 Å². The standard InChI is InChI=1S/C11H19NO2S/c1-2-4-11(14)7-12(8-11)10(13)9-3-5-15-6-9/h9,14H,2-8H2,1H3. The van der Waals surface area contributed by atoms with Gasteiger partial charge in [0.25, 0.3) is 0 Å². The molecular formula is C11H19NO2S. The van der Waals surface area contributed by atoms with Gasteiger partial charge in [-0.15, -0.1) is 0 Å². The van der Waals surface area contributed by atoms with Crippen molar-refractivity contribution in [3.8, 4) is 0 Å². The van der Waals surface area contributed by atoms with Gasteiger partial charge >= 0.3 is 0 Å². The Bertz CT molecular complexity index is 245. The maximum Gasteiger partial charge on any atom is 0.226 e. The zero-order valence-electron chi connectivity index (χ0n) is 9.24. The van der Waals surface area contributed by atoms with Crippen molar-refractivity contribution in [2.75, 3.05) is 24.6 Å². The van der Waals surface area contributed by atoms with Gasteiger partial charge in [0.1, 0.15) is 0 Å². The number of thioether (sulfide) groups is 1. The van der Waals surface area contributed by atoms with Crippen molar-refractivity contribution < 1.29 is 9.90 Å². The molecule has 2 aliphatic rings. The zero-order valence-corrected chi connectivity index (χ0v) is 10.1. The lowest BCUT2D eigenvalue weighted by atomic mass is 9.88. The first-order valence-corrected chi connectivity index (χ1v) is 6.89. The van der Waals surface area contributed by atoms with E-state index in [1.165, 1.54) is 0 Å². The summed E-state index contributed by atoms with van der Waals surface area (Å²) in [5.41, 5.74) is -0.573. The molecule has 2 fully saturated rings. The summed E-state index contributed by atoms with van der Waals surface area (Å²) in [5, 5.41) is 9.97. The second-order valence-corrected chi connectivity index (χ2v) is 5.88. The van der Waals surface area contributed by atoms with Crippen LogP contribution in [0.5, 0.6) is 0 Å². The molecule has 1 atom stereocenters. The molecule has 15 heavy (non-hydrogen) atoms. The van der Waals surface area contributed by atoms with Crippen LogP contribution in [0.3, 0.4) is 0 Å². The van der Waals surface area contributed by atoms with E-state index in [0.29, 0.717) is 13.1 Å². The normalized spacial score (nSPS) is 28.9. The number of nitrogens with zero attached hydrogens (tertiary/aromatic N) is 1. The van der Waals surface area contributed by atoms with Gasteiger partial charge in [-0.1, -0.05) is 13.3 Å². The third-order valence-corrected chi connectivity index (χ3v) is 4.44. The van der Waals surface area contributed by atoms with E-state index in [4.69, 9.17) is 0 Å². The Kier molecular flexibility index (Phi) is 3.26. The van der Waals surface area contributed by atoms with Gasteiger partial charge in [0.05, 0.1) is 18.7 Å². The minimum absolute atomic E-state index is 0.223. The molecule has 0 saturated carbocycles. The first-order valence-electron chi connectivity index (χ1n) is 5.73. The number of carbonyl (C=O) groups excluding carboxylic acids is 1. The van der Waals surface area contributed by atoms with Gasteiger partial charge in [-0.25, -0.2) is 0 Å². The Morgan fingerprint density at radius 1 is 1.60 bits per heavy atom. The van der Waals surface area contributed by atoms with Crippen LogP contribution in [0.1, 0.15) is 26.2 Å². The number of β-amino-alcohol motifs (C(OH)–C–C–N with tert-alkyl or cyclic N) is 1. The summed E-state index contributed by atoms with van der Waals surface area (Å²) in [7, 11) is 0. The van der Waals surface area contributed by atoms with Crippen molar-refractivity contribution in [1.29, 1.82) is 0 Å². The highest BCUT2D eigenvalue weighted by atomic mass is 32.2. The molecule has 0 aromatic rings. The van der Waals surface area contributed by atoms with Gasteiger partial charge < -0.3 is 10.0 Å². The highest BCUT2D eigenvalue weighted by Gasteiger charge is 2.44. The molecule has 2 saturated heterocycles. The molecule has 2 aliphatic heterocycles. The smallest absolute Gasteiger partial charge is 0.226 e. The van der Waals surface area contributed by atoms with Gasteiger partial charge in [-0.05, 0) is 18.6 Å². The van der Waals surface area contributed by atoms with Crippen LogP contribution in [0.4, 0.5) is 0 Å². The molecule has 1 unspecified atom stereocenters. The van der Waals surface area contributed by atoms with Crippen molar-refractivity contribution in [1.82, 2.24) is 4.90 Å². The van der Waals surface area contributed by atoms with Crippen LogP contribution < -0.4 is 0 Å². The SMILES string of the molecule is CCCC1(O)CN(C(=O)C2CCSC2)C1. The lowest BCUT2D eigenvalue weighted by Crippen LogP contribution is -2.64. The summed E-state index contributed by atoms with van der Waals surface area (Å²) in [6.45, 7) is 3.18. The summed E-state index contributed by atoms with van der Waals surface area (Å²) < 4.78 is 0. The van der Waals surface area contributed by atoms with Gasteiger partial charge in [-0.3, -0.25) is 4.79 Å². The van der Waals surface area contributed by atoms with E-state index in [1.54, 1.807) is 0 Å². The van der Waals surface area contributed by atoms with E-state index >= 15 is 0 Å². The molecule has 1 amide bonds. The van der Waals surface area contributed by atoms with Crippen molar-refractivity contribution >= 4 is 17.7 Å². The van der Waals surface area contributed by atoms with E-state index in [0.717, 1.165) is 30.8 Å². The fraction of sp³-hybridized carbons (Fsp3) is 0.909. The predicted molar refractivity (Wildman–Crippen MR) is 61.9 cm³/mol. The third-order valence-electron chi connectivity index (χ3n) is 3.28. The molecule has 3 nitrogen and oxygen atoms in total. The Morgan fingerprint density at radius 3 is 2.87 bits per heavy atom. The number of likely N-dealkylation sites (tertiary alicyclic amines) is 1. The molecule has 2 heterocycles. The second-order valence-electron chi connectivity index (χ2n) is 4.73. The van der Waals surface area contributed by atoms with Gasteiger partial charge in [-0.2, -0.15) is 11.8 Å². The van der Waals surface area contributed by atoms with Crippen LogP contribution in [-0.2, 0) is 4.79 Å². The summed E-state index contributed by atoms with van der Waals surface area (Å²) in [5.74, 6) is 2.58. The molecule has 0 aliphatic carbocycles. The Hall–Kier alpha value is -0.220. The predicted octanol–water partition coefficient (Wildman–Crippen LogP) is 1.11. The van der Waals surface area contributed by atoms with E-state index in [-0.39, 0.29) is 11.8 Å². The van der Waals surface area contributed by atoms with Crippen LogP contribution in [0, 0.1) is 5.92 Å². The third kappa shape index (κ3) is 2.31. The molecule has 1 N–H and O–H groups in total. The minimum Gasteiger partial charge on any atom is -0.386 e. The molecule has 2 rings (SSSR count). The maximum atomic E-state index is 11.9. The van der Waals surface area contributed by atoms with Crippen LogP contribution >= 0.6 is 11.8 Å². The topological polar surface area (TPSA) is 40.5 Å². The molecule has 4 heteroatoms. The molecular weight excluding hydrogens is 210 g/mol. The summed E-state index contributed by atoms with van der Waals surface area (Å²) in [6, 6.07) is 0. The Morgan fingerprint density at radius 2 is 2.33 bits per heavy atom. The number of aliphatic hydroxyl groups is 1. The summed E-state index contributed by atoms with van der Waals surface area (Å²) in [4.78, 5) is 13.7. The fourth-order valence-corrected chi connectivity index (χ4v) is 3.64. The van der Waals surface area contributed by atoms with E-state index < -0.39 is 5.60 Å². The molecule has 0 aromatic carbocycles. The zero-order chi connectivity index (χ0) is 10.9. The number of carbonyl (C=O) groups is 1. The van der Waals surface area contributed by atoms with Crippen LogP contribution in [0.25, 0.3) is 0 Å². The number of hydrogen-bond acceptors (Lipinski definition) is 3. The molecule has 0 bridgehead atoms. The number of amides is 1. The van der Waals surface area contributed by atoms with Gasteiger partial charge in [0.2, 0.25) is 5.91 Å². The maximum absolute atomic E-state index is 11.9. The van der Waals surface area contributed by atoms with Crippen molar-refractivity contribution in [3.05, 3.63) is 0 Å². The van der Waals surface area contributed by atoms with Gasteiger partial charge in [0, 0.05) is 11.7 Å². The Labute approximate surface area is 95.2 Å². The highest BCUT2D eigenvalue weighted by Crippen LogP contribution is 2.31. The van der Waals surface area contributed by atoms with E-state index in [9.17, 15) is 9.90 Å². The van der Waals surface area contributed by atoms with Crippen LogP contribution in [0.2, 0.25) is 0 Å². The lowest BCUT2D eigenvalue weighted by Gasteiger charge is -2.47. The molecule has 0 aromatic heterocycles. The molecule has 0 spiro atoms. The summed E-state index contributed by atoms with van der Waals surface area (Å²) >= 11 is 1.86. The van der Waals surface area contributed by atoms with Crippen molar-refractivity contribution in [2.24, 2.45) is 5.92 Å². The first-order chi connectivity index (χ1) is 7.14. The van der Waals surface area contributed by atoms with Gasteiger partial charge in [0.15, 0.2) is 0 Å². The van der Waals surface area contributed by atoms with Crippen LogP contribution in [0.15, 0.2) is 0 Å².